The minimum Gasteiger partial charge on any atom is -0.415 e. The highest BCUT2D eigenvalue weighted by molar-refractivity contribution is 9.18. The maximum Gasteiger partial charge on any atom is 0.479 e. The third kappa shape index (κ3) is 10.5. The van der Waals surface area contributed by atoms with Gasteiger partial charge in [0.15, 0.2) is 17.8 Å². The second-order valence-electron chi connectivity index (χ2n) is 4.25. The van der Waals surface area contributed by atoms with Crippen LogP contribution in [0.2, 0.25) is 0 Å². The first kappa shape index (κ1) is 23.9. The minimum absolute atomic E-state index is 0.0216. The van der Waals surface area contributed by atoms with E-state index >= 15 is 0 Å². The predicted octanol–water partition coefficient (Wildman–Crippen LogP) is 6.73. The quantitative estimate of drug-likeness (QED) is 0.207. The van der Waals surface area contributed by atoms with E-state index in [1.807, 2.05) is 13.8 Å². The molecule has 0 radical (unpaired) electrons. The summed E-state index contributed by atoms with van der Waals surface area (Å²) in [6, 6.07) is 4.02. The Morgan fingerprint density at radius 3 is 2.28 bits per heavy atom. The van der Waals surface area contributed by atoms with Crippen molar-refractivity contribution in [1.82, 2.24) is 0 Å². The Morgan fingerprint density at radius 2 is 1.80 bits per heavy atom. The molecular weight excluding hydrogens is 438 g/mol. The number of benzene rings is 1. The Kier molecular flexibility index (Phi) is 10.3. The molecule has 0 fully saturated rings. The highest BCUT2D eigenvalue weighted by Crippen LogP contribution is 2.37. The van der Waals surface area contributed by atoms with Crippen molar-refractivity contribution in [2.45, 2.75) is 38.4 Å². The predicted molar refractivity (Wildman–Crippen MR) is 91.6 cm³/mol. The summed E-state index contributed by atoms with van der Waals surface area (Å²) in [5.74, 6) is -0.221. The lowest BCUT2D eigenvalue weighted by Gasteiger charge is -2.16. The van der Waals surface area contributed by atoms with Gasteiger partial charge >= 0.3 is 11.7 Å². The van der Waals surface area contributed by atoms with Gasteiger partial charge in [-0.1, -0.05) is 19.9 Å². The zero-order chi connectivity index (χ0) is 19.7. The van der Waals surface area contributed by atoms with Crippen LogP contribution in [0, 0.1) is 5.41 Å². The van der Waals surface area contributed by atoms with Crippen LogP contribution in [0.15, 0.2) is 18.2 Å². The largest absolute Gasteiger partial charge is 0.479 e. The number of hydrogen-bond donors (Lipinski definition) is 2. The van der Waals surface area contributed by atoms with Crippen molar-refractivity contribution >= 4 is 38.3 Å². The molecule has 0 aromatic heterocycles. The Hall–Kier alpha value is -1.10. The van der Waals surface area contributed by atoms with Gasteiger partial charge in [-0.15, -0.1) is 0 Å². The van der Waals surface area contributed by atoms with E-state index in [-0.39, 0.29) is 34.6 Å². The van der Waals surface area contributed by atoms with E-state index in [0.717, 1.165) is 0 Å². The van der Waals surface area contributed by atoms with Gasteiger partial charge in [-0.2, -0.15) is 26.3 Å². The van der Waals surface area contributed by atoms with Gasteiger partial charge < -0.3 is 9.50 Å². The summed E-state index contributed by atoms with van der Waals surface area (Å²) in [5, 5.41) is 10.1. The SMILES string of the molecule is CC.N=C(Br)c1cccc(OSC(F)(F)F)c1NCCCC(F)(F)F. The second-order valence-corrected chi connectivity index (χ2v) is 5.84. The van der Waals surface area contributed by atoms with Crippen LogP contribution in [0.5, 0.6) is 5.75 Å². The van der Waals surface area contributed by atoms with E-state index in [1.165, 1.54) is 18.2 Å². The Bertz CT molecular complexity index is 551. The molecule has 25 heavy (non-hydrogen) atoms. The molecule has 1 aromatic rings. The molecule has 0 saturated carbocycles. The lowest BCUT2D eigenvalue weighted by Crippen LogP contribution is -2.13. The molecule has 0 bridgehead atoms. The topological polar surface area (TPSA) is 45.1 Å². The second kappa shape index (κ2) is 10.8. The Morgan fingerprint density at radius 1 is 1.20 bits per heavy atom. The highest BCUT2D eigenvalue weighted by atomic mass is 79.9. The van der Waals surface area contributed by atoms with Crippen LogP contribution in [0.3, 0.4) is 0 Å². The summed E-state index contributed by atoms with van der Waals surface area (Å²) in [6.07, 6.45) is -5.60. The number of anilines is 1. The smallest absolute Gasteiger partial charge is 0.415 e. The van der Waals surface area contributed by atoms with E-state index in [2.05, 4.69) is 25.4 Å². The van der Waals surface area contributed by atoms with E-state index < -0.39 is 30.1 Å². The lowest BCUT2D eigenvalue weighted by molar-refractivity contribution is -0.134. The van der Waals surface area contributed by atoms with Gasteiger partial charge in [0.05, 0.1) is 5.69 Å². The van der Waals surface area contributed by atoms with Crippen molar-refractivity contribution < 1.29 is 30.5 Å². The Labute approximate surface area is 154 Å². The van der Waals surface area contributed by atoms with Crippen LogP contribution >= 0.6 is 28.0 Å². The summed E-state index contributed by atoms with van der Waals surface area (Å²) in [4.78, 5) is 0. The molecule has 0 aliphatic carbocycles. The number of nitrogens with one attached hydrogen (secondary N) is 2. The van der Waals surface area contributed by atoms with Gasteiger partial charge in [0.1, 0.15) is 4.62 Å². The molecule has 0 spiro atoms. The Balaban J connectivity index is 0.00000277. The van der Waals surface area contributed by atoms with Crippen LogP contribution in [0.4, 0.5) is 32.0 Å². The molecule has 2 N–H and O–H groups in total. The minimum atomic E-state index is -4.63. The van der Waals surface area contributed by atoms with E-state index in [1.54, 1.807) is 0 Å². The van der Waals surface area contributed by atoms with Crippen molar-refractivity contribution in [2.75, 3.05) is 11.9 Å². The average molecular weight is 455 g/mol. The van der Waals surface area contributed by atoms with Crippen LogP contribution < -0.4 is 9.50 Å². The zero-order valence-corrected chi connectivity index (χ0v) is 15.7. The summed E-state index contributed by atoms with van der Waals surface area (Å²) < 4.78 is 77.4. The molecule has 0 saturated heterocycles. The lowest BCUT2D eigenvalue weighted by atomic mass is 10.1. The van der Waals surface area contributed by atoms with Gasteiger partial charge in [-0.3, -0.25) is 5.41 Å². The van der Waals surface area contributed by atoms with Crippen LogP contribution in [-0.2, 0) is 0 Å². The van der Waals surface area contributed by atoms with E-state index in [0.29, 0.717) is 0 Å². The van der Waals surface area contributed by atoms with Gasteiger partial charge in [0, 0.05) is 18.5 Å². The van der Waals surface area contributed by atoms with Crippen LogP contribution in [0.25, 0.3) is 0 Å². The van der Waals surface area contributed by atoms with Gasteiger partial charge in [-0.05, 0) is 34.5 Å². The molecule has 11 heteroatoms. The summed E-state index contributed by atoms with van der Waals surface area (Å²) in [7, 11) is 0. The molecule has 0 aliphatic heterocycles. The maximum absolute atomic E-state index is 12.2. The number of rotatable bonds is 7. The molecule has 1 aromatic carbocycles. The van der Waals surface area contributed by atoms with Crippen molar-refractivity contribution in [2.24, 2.45) is 0 Å². The first-order valence-electron chi connectivity index (χ1n) is 7.10. The summed E-state index contributed by atoms with van der Waals surface area (Å²) in [5.41, 5.74) is -4.43. The molecule has 0 atom stereocenters. The third-order valence-electron chi connectivity index (χ3n) is 2.43. The van der Waals surface area contributed by atoms with Crippen molar-refractivity contribution in [3.8, 4) is 5.75 Å². The zero-order valence-electron chi connectivity index (χ0n) is 13.3. The van der Waals surface area contributed by atoms with Crippen LogP contribution in [0.1, 0.15) is 32.3 Å². The maximum atomic E-state index is 12.2. The average Bonchev–Trinajstić information content (AvgIpc) is 2.50. The van der Waals surface area contributed by atoms with Crippen molar-refractivity contribution in [1.29, 1.82) is 5.41 Å². The fourth-order valence-corrected chi connectivity index (χ4v) is 2.21. The first-order chi connectivity index (χ1) is 11.5. The molecular formula is C14H17BrF6N2OS. The number of hydrogen-bond acceptors (Lipinski definition) is 4. The molecule has 3 nitrogen and oxygen atoms in total. The molecule has 0 aliphatic rings. The normalized spacial score (nSPS) is 11.4. The fraction of sp³-hybridized carbons (Fsp3) is 0.500. The van der Waals surface area contributed by atoms with Gasteiger partial charge in [0.25, 0.3) is 0 Å². The fourth-order valence-electron chi connectivity index (χ4n) is 1.56. The number of halogens is 7. The van der Waals surface area contributed by atoms with E-state index in [4.69, 9.17) is 5.41 Å². The first-order valence-corrected chi connectivity index (χ1v) is 8.63. The molecule has 0 heterocycles. The number of alkyl halides is 6. The standard InChI is InChI=1S/C12H11BrF6N2OS.C2H6/c13-10(20)7-3-1-4-8(22-23-12(17,18)19)9(7)21-6-2-5-11(14,15)16;1-2/h1,3-4,20-21H,2,5-6H2;1-2H3. The molecule has 0 amide bonds. The molecule has 144 valence electrons. The van der Waals surface area contributed by atoms with E-state index in [9.17, 15) is 26.3 Å². The molecule has 1 rings (SSSR count). The van der Waals surface area contributed by atoms with Crippen molar-refractivity contribution in [3.63, 3.8) is 0 Å². The molecule has 0 unspecified atom stereocenters. The van der Waals surface area contributed by atoms with Gasteiger partial charge in [-0.25, -0.2) is 0 Å². The van der Waals surface area contributed by atoms with Gasteiger partial charge in [0.2, 0.25) is 0 Å². The summed E-state index contributed by atoms with van der Waals surface area (Å²) >= 11 is 2.14. The third-order valence-corrected chi connectivity index (χ3v) is 3.31. The van der Waals surface area contributed by atoms with Crippen LogP contribution in [-0.4, -0.2) is 22.9 Å². The summed E-state index contributed by atoms with van der Waals surface area (Å²) in [6.45, 7) is 3.86. The number of para-hydroxylation sites is 1. The highest BCUT2D eigenvalue weighted by Gasteiger charge is 2.32. The monoisotopic (exact) mass is 454 g/mol. The van der Waals surface area contributed by atoms with Crippen molar-refractivity contribution in [3.05, 3.63) is 23.8 Å².